The maximum Gasteiger partial charge on any atom is 0.291 e. The van der Waals surface area contributed by atoms with E-state index in [1.807, 2.05) is 35.8 Å². The molecule has 1 aromatic carbocycles. The largest absolute Gasteiger partial charge is 0.497 e. The zero-order chi connectivity index (χ0) is 14.8. The fraction of sp³-hybridized carbons (Fsp3) is 0.400. The van der Waals surface area contributed by atoms with Crippen molar-refractivity contribution in [1.29, 1.82) is 0 Å². The van der Waals surface area contributed by atoms with Crippen molar-refractivity contribution in [2.24, 2.45) is 0 Å². The van der Waals surface area contributed by atoms with Crippen molar-refractivity contribution in [3.05, 3.63) is 41.5 Å². The van der Waals surface area contributed by atoms with Gasteiger partial charge in [-0.1, -0.05) is 12.1 Å². The fourth-order valence-electron chi connectivity index (χ4n) is 2.55. The summed E-state index contributed by atoms with van der Waals surface area (Å²) in [7, 11) is 1.65. The molecular formula is C15H18N4O2. The van der Waals surface area contributed by atoms with Crippen molar-refractivity contribution in [1.82, 2.24) is 19.7 Å². The van der Waals surface area contributed by atoms with E-state index in [4.69, 9.17) is 4.74 Å². The van der Waals surface area contributed by atoms with Gasteiger partial charge in [-0.25, -0.2) is 0 Å². The van der Waals surface area contributed by atoms with Gasteiger partial charge in [0.1, 0.15) is 11.6 Å². The number of aromatic nitrogens is 3. The average Bonchev–Trinajstić information content (AvgIpc) is 2.92. The Bertz CT molecular complexity index is 648. The summed E-state index contributed by atoms with van der Waals surface area (Å²) in [5.41, 5.74) is 1.12. The van der Waals surface area contributed by atoms with Crippen LogP contribution in [0.15, 0.2) is 24.3 Å². The highest BCUT2D eigenvalue weighted by atomic mass is 16.5. The van der Waals surface area contributed by atoms with Gasteiger partial charge < -0.3 is 14.2 Å². The van der Waals surface area contributed by atoms with Gasteiger partial charge in [0.05, 0.1) is 7.11 Å². The fourth-order valence-corrected chi connectivity index (χ4v) is 2.55. The Labute approximate surface area is 123 Å². The van der Waals surface area contributed by atoms with E-state index in [2.05, 4.69) is 10.2 Å². The number of carbonyl (C=O) groups is 1. The summed E-state index contributed by atoms with van der Waals surface area (Å²) in [5, 5.41) is 8.25. The Morgan fingerprint density at radius 3 is 2.62 bits per heavy atom. The van der Waals surface area contributed by atoms with Crippen LogP contribution in [0, 0.1) is 0 Å². The summed E-state index contributed by atoms with van der Waals surface area (Å²) in [5.74, 6) is 2.08. The third kappa shape index (κ3) is 2.49. The minimum absolute atomic E-state index is 0.0303. The lowest BCUT2D eigenvalue weighted by Crippen LogP contribution is -2.40. The van der Waals surface area contributed by atoms with Crippen LogP contribution in [0.1, 0.15) is 28.9 Å². The number of nitrogens with zero attached hydrogens (tertiary/aromatic N) is 4. The number of carbonyl (C=O) groups excluding carboxylic acids is 1. The van der Waals surface area contributed by atoms with Crippen LogP contribution < -0.4 is 4.74 Å². The van der Waals surface area contributed by atoms with Gasteiger partial charge in [-0.15, -0.1) is 10.2 Å². The Kier molecular flexibility index (Phi) is 3.60. The van der Waals surface area contributed by atoms with Crippen LogP contribution in [0.4, 0.5) is 0 Å². The summed E-state index contributed by atoms with van der Waals surface area (Å²) in [6, 6.07) is 7.85. The normalized spacial score (nSPS) is 14.2. The van der Waals surface area contributed by atoms with Gasteiger partial charge in [0.15, 0.2) is 0 Å². The molecule has 0 spiro atoms. The van der Waals surface area contributed by atoms with Crippen molar-refractivity contribution in [3.8, 4) is 5.75 Å². The van der Waals surface area contributed by atoms with Gasteiger partial charge in [0.2, 0.25) is 5.82 Å². The molecule has 6 heteroatoms. The lowest BCUT2D eigenvalue weighted by atomic mass is 10.1. The molecule has 6 nitrogen and oxygen atoms in total. The molecule has 0 N–H and O–H groups in total. The Morgan fingerprint density at radius 2 is 1.95 bits per heavy atom. The quantitative estimate of drug-likeness (QED) is 0.851. The molecule has 0 radical (unpaired) electrons. The van der Waals surface area contributed by atoms with Crippen molar-refractivity contribution in [2.45, 2.75) is 19.9 Å². The van der Waals surface area contributed by atoms with Crippen LogP contribution in [0.2, 0.25) is 0 Å². The molecule has 1 aromatic heterocycles. The highest BCUT2D eigenvalue weighted by Gasteiger charge is 2.27. The van der Waals surface area contributed by atoms with Gasteiger partial charge in [-0.3, -0.25) is 4.79 Å². The molecule has 1 aliphatic heterocycles. The first-order valence-corrected chi connectivity index (χ1v) is 7.07. The molecule has 2 heterocycles. The summed E-state index contributed by atoms with van der Waals surface area (Å²) in [6.07, 6.45) is 0.663. The molecule has 1 amide bonds. The number of rotatable bonds is 4. The molecule has 0 saturated heterocycles. The molecule has 0 saturated carbocycles. The lowest BCUT2D eigenvalue weighted by molar-refractivity contribution is 0.0705. The van der Waals surface area contributed by atoms with E-state index in [0.717, 1.165) is 30.2 Å². The Balaban J connectivity index is 1.83. The minimum atomic E-state index is -0.0303. The predicted octanol–water partition coefficient (Wildman–Crippen LogP) is 1.35. The summed E-state index contributed by atoms with van der Waals surface area (Å²) < 4.78 is 7.08. The number of hydrogen-bond donors (Lipinski definition) is 0. The highest BCUT2D eigenvalue weighted by molar-refractivity contribution is 5.91. The van der Waals surface area contributed by atoms with Crippen LogP contribution >= 0.6 is 0 Å². The highest BCUT2D eigenvalue weighted by Crippen LogP contribution is 2.17. The molecule has 0 aliphatic carbocycles. The van der Waals surface area contributed by atoms with Crippen molar-refractivity contribution >= 4 is 5.91 Å². The zero-order valence-corrected chi connectivity index (χ0v) is 12.2. The SMILES string of the molecule is CCN1CCn2c(Cc3ccc(OC)cc3)nnc2C1=O. The number of ether oxygens (including phenoxy) is 1. The van der Waals surface area contributed by atoms with Crippen molar-refractivity contribution < 1.29 is 9.53 Å². The van der Waals surface area contributed by atoms with Crippen LogP contribution in [0.3, 0.4) is 0 Å². The third-order valence-corrected chi connectivity index (χ3v) is 3.80. The first-order valence-electron chi connectivity index (χ1n) is 7.07. The Hall–Kier alpha value is -2.37. The topological polar surface area (TPSA) is 60.2 Å². The Morgan fingerprint density at radius 1 is 1.19 bits per heavy atom. The van der Waals surface area contributed by atoms with Crippen LogP contribution in [-0.2, 0) is 13.0 Å². The lowest BCUT2D eigenvalue weighted by Gasteiger charge is -2.26. The van der Waals surface area contributed by atoms with Crippen LogP contribution in [0.25, 0.3) is 0 Å². The first kappa shape index (κ1) is 13.6. The van der Waals surface area contributed by atoms with E-state index in [1.54, 1.807) is 12.0 Å². The number of methoxy groups -OCH3 is 1. The second-order valence-electron chi connectivity index (χ2n) is 5.00. The first-order chi connectivity index (χ1) is 10.2. The van der Waals surface area contributed by atoms with Crippen molar-refractivity contribution in [3.63, 3.8) is 0 Å². The third-order valence-electron chi connectivity index (χ3n) is 3.80. The molecule has 0 unspecified atom stereocenters. The smallest absolute Gasteiger partial charge is 0.291 e. The predicted molar refractivity (Wildman–Crippen MR) is 77.4 cm³/mol. The van der Waals surface area contributed by atoms with Gasteiger partial charge >= 0.3 is 0 Å². The van der Waals surface area contributed by atoms with Crippen molar-refractivity contribution in [2.75, 3.05) is 20.2 Å². The summed E-state index contributed by atoms with van der Waals surface area (Å²) >= 11 is 0. The minimum Gasteiger partial charge on any atom is -0.497 e. The van der Waals surface area contributed by atoms with Crippen LogP contribution in [0.5, 0.6) is 5.75 Å². The summed E-state index contributed by atoms with van der Waals surface area (Å²) in [6.45, 7) is 4.16. The van der Waals surface area contributed by atoms with Crippen LogP contribution in [-0.4, -0.2) is 45.8 Å². The number of fused-ring (bicyclic) bond motifs is 1. The second-order valence-corrected chi connectivity index (χ2v) is 5.00. The van der Waals surface area contributed by atoms with Gasteiger partial charge in [0.25, 0.3) is 5.91 Å². The maximum atomic E-state index is 12.2. The molecule has 1 aliphatic rings. The molecular weight excluding hydrogens is 268 g/mol. The zero-order valence-electron chi connectivity index (χ0n) is 12.2. The molecule has 110 valence electrons. The van der Waals surface area contributed by atoms with E-state index in [9.17, 15) is 4.79 Å². The van der Waals surface area contributed by atoms with E-state index in [0.29, 0.717) is 18.8 Å². The standard InChI is InChI=1S/C15H18N4O2/c1-3-18-8-9-19-13(16-17-14(19)15(18)20)10-11-4-6-12(21-2)7-5-11/h4-7H,3,8-10H2,1-2H3. The molecule has 0 bridgehead atoms. The molecule has 0 atom stereocenters. The van der Waals surface area contributed by atoms with E-state index in [-0.39, 0.29) is 5.91 Å². The second kappa shape index (κ2) is 5.55. The number of amides is 1. The average molecular weight is 286 g/mol. The van der Waals surface area contributed by atoms with Gasteiger partial charge in [0, 0.05) is 26.1 Å². The maximum absolute atomic E-state index is 12.2. The number of hydrogen-bond acceptors (Lipinski definition) is 4. The number of likely N-dealkylation sites (N-methyl/N-ethyl adjacent to an activating group) is 1. The molecule has 0 fully saturated rings. The van der Waals surface area contributed by atoms with Gasteiger partial charge in [-0.2, -0.15) is 0 Å². The monoisotopic (exact) mass is 286 g/mol. The number of benzene rings is 1. The molecule has 3 rings (SSSR count). The van der Waals surface area contributed by atoms with Gasteiger partial charge in [-0.05, 0) is 24.6 Å². The van der Waals surface area contributed by atoms with E-state index < -0.39 is 0 Å². The molecule has 21 heavy (non-hydrogen) atoms. The van der Waals surface area contributed by atoms with E-state index >= 15 is 0 Å². The summed E-state index contributed by atoms with van der Waals surface area (Å²) in [4.78, 5) is 14.0. The van der Waals surface area contributed by atoms with E-state index in [1.165, 1.54) is 0 Å². The molecule has 2 aromatic rings.